The lowest BCUT2D eigenvalue weighted by atomic mass is 9.91. The molecule has 198 valence electrons. The van der Waals surface area contributed by atoms with Crippen molar-refractivity contribution in [3.05, 3.63) is 146 Å². The Morgan fingerprint density at radius 2 is 0.930 bits per heavy atom. The second-order valence-corrected chi connectivity index (χ2v) is 11.6. The Morgan fingerprint density at radius 1 is 0.302 bits per heavy atom. The predicted octanol–water partition coefficient (Wildman–Crippen LogP) is 12.0. The minimum absolute atomic E-state index is 0.913. The van der Waals surface area contributed by atoms with Crippen LogP contribution in [0.3, 0.4) is 0 Å². The molecular formula is C42H24O. The molecule has 0 bridgehead atoms. The summed E-state index contributed by atoms with van der Waals surface area (Å²) >= 11 is 0. The van der Waals surface area contributed by atoms with E-state index < -0.39 is 0 Å². The number of furan rings is 1. The molecule has 0 spiro atoms. The highest BCUT2D eigenvalue weighted by Crippen LogP contribution is 2.50. The van der Waals surface area contributed by atoms with Crippen LogP contribution in [0.4, 0.5) is 0 Å². The molecule has 8 aromatic carbocycles. The van der Waals surface area contributed by atoms with Crippen molar-refractivity contribution in [3.8, 4) is 44.5 Å². The smallest absolute Gasteiger partial charge is 0.136 e. The fourth-order valence-corrected chi connectivity index (χ4v) is 7.47. The third-order valence-corrected chi connectivity index (χ3v) is 9.41. The van der Waals surface area contributed by atoms with E-state index in [0.29, 0.717) is 0 Å². The molecule has 0 unspecified atom stereocenters. The molecule has 43 heavy (non-hydrogen) atoms. The summed E-state index contributed by atoms with van der Waals surface area (Å²) < 4.78 is 6.45. The highest BCUT2D eigenvalue weighted by molar-refractivity contribution is 6.22. The van der Waals surface area contributed by atoms with Crippen LogP contribution in [0, 0.1) is 0 Å². The molecule has 1 aliphatic carbocycles. The second-order valence-electron chi connectivity index (χ2n) is 11.6. The Balaban J connectivity index is 1.19. The molecule has 0 N–H and O–H groups in total. The Labute approximate surface area is 248 Å². The standard InChI is InChI=1S/C42H24O/c1-2-8-29-25(7-1)15-16-28-23-26(17-19-30(28)29)27-18-22-39-38(24-27)42-36(13-6-14-40(42)43-39)33-20-21-37-32-10-4-3-9-31(32)34-11-5-12-35(33)41(34)37/h1-24H. The van der Waals surface area contributed by atoms with Crippen LogP contribution in [0.15, 0.2) is 150 Å². The third-order valence-electron chi connectivity index (χ3n) is 9.41. The highest BCUT2D eigenvalue weighted by Gasteiger charge is 2.23. The van der Waals surface area contributed by atoms with Gasteiger partial charge in [0, 0.05) is 10.8 Å². The Bertz CT molecular complexity index is 2590. The Kier molecular flexibility index (Phi) is 4.51. The van der Waals surface area contributed by atoms with Crippen LogP contribution in [-0.4, -0.2) is 0 Å². The zero-order valence-electron chi connectivity index (χ0n) is 23.3. The van der Waals surface area contributed by atoms with E-state index in [2.05, 4.69) is 146 Å². The fourth-order valence-electron chi connectivity index (χ4n) is 7.47. The molecule has 0 radical (unpaired) electrons. The largest absolute Gasteiger partial charge is 0.456 e. The van der Waals surface area contributed by atoms with Gasteiger partial charge in [0.1, 0.15) is 11.2 Å². The molecule has 0 saturated heterocycles. The maximum absolute atomic E-state index is 6.45. The van der Waals surface area contributed by atoms with Gasteiger partial charge in [0.25, 0.3) is 0 Å². The van der Waals surface area contributed by atoms with Gasteiger partial charge in [-0.3, -0.25) is 0 Å². The fraction of sp³-hybridized carbons (Fsp3) is 0. The topological polar surface area (TPSA) is 13.1 Å². The van der Waals surface area contributed by atoms with Crippen molar-refractivity contribution >= 4 is 54.3 Å². The molecular weight excluding hydrogens is 520 g/mol. The summed E-state index contributed by atoms with van der Waals surface area (Å²) in [5, 5.41) is 10.0. The average Bonchev–Trinajstić information content (AvgIpc) is 3.61. The van der Waals surface area contributed by atoms with Crippen molar-refractivity contribution in [2.75, 3.05) is 0 Å². The van der Waals surface area contributed by atoms with Crippen molar-refractivity contribution in [2.45, 2.75) is 0 Å². The molecule has 1 nitrogen and oxygen atoms in total. The first-order valence-electron chi connectivity index (χ1n) is 14.8. The number of rotatable bonds is 2. The SMILES string of the molecule is c1ccc2c(c1)-c1cccc3c(-c4cccc5oc6ccc(-c7ccc8c(ccc9ccccc98)c7)cc6c45)ccc-2c13. The van der Waals surface area contributed by atoms with Gasteiger partial charge < -0.3 is 4.42 Å². The highest BCUT2D eigenvalue weighted by atomic mass is 16.3. The maximum atomic E-state index is 6.45. The van der Waals surface area contributed by atoms with E-state index in [1.165, 1.54) is 82.2 Å². The minimum Gasteiger partial charge on any atom is -0.456 e. The molecule has 0 saturated carbocycles. The van der Waals surface area contributed by atoms with Crippen LogP contribution in [-0.2, 0) is 0 Å². The van der Waals surface area contributed by atoms with Crippen molar-refractivity contribution in [2.24, 2.45) is 0 Å². The maximum Gasteiger partial charge on any atom is 0.136 e. The molecule has 1 aliphatic rings. The van der Waals surface area contributed by atoms with Gasteiger partial charge in [0.15, 0.2) is 0 Å². The van der Waals surface area contributed by atoms with E-state index in [0.717, 1.165) is 16.6 Å². The van der Waals surface area contributed by atoms with Crippen LogP contribution in [0.25, 0.3) is 98.8 Å². The third kappa shape index (κ3) is 3.17. The van der Waals surface area contributed by atoms with Crippen LogP contribution < -0.4 is 0 Å². The lowest BCUT2D eigenvalue weighted by molar-refractivity contribution is 0.669. The van der Waals surface area contributed by atoms with Crippen LogP contribution in [0.2, 0.25) is 0 Å². The first-order chi connectivity index (χ1) is 21.3. The van der Waals surface area contributed by atoms with Gasteiger partial charge in [-0.2, -0.15) is 0 Å². The first-order valence-corrected chi connectivity index (χ1v) is 14.8. The first kappa shape index (κ1) is 23.0. The normalized spacial score (nSPS) is 12.2. The van der Waals surface area contributed by atoms with Crippen LogP contribution in [0.5, 0.6) is 0 Å². The van der Waals surface area contributed by atoms with Gasteiger partial charge >= 0.3 is 0 Å². The van der Waals surface area contributed by atoms with E-state index in [1.54, 1.807) is 0 Å². The second kappa shape index (κ2) is 8.44. The summed E-state index contributed by atoms with van der Waals surface area (Å²) in [7, 11) is 0. The van der Waals surface area contributed by atoms with Crippen molar-refractivity contribution in [3.63, 3.8) is 0 Å². The molecule has 1 heterocycles. The molecule has 0 aliphatic heterocycles. The minimum atomic E-state index is 0.913. The van der Waals surface area contributed by atoms with E-state index in [1.807, 2.05) is 0 Å². The quantitative estimate of drug-likeness (QED) is 0.197. The summed E-state index contributed by atoms with van der Waals surface area (Å²) in [6.45, 7) is 0. The summed E-state index contributed by atoms with van der Waals surface area (Å²) in [6, 6.07) is 53.1. The number of benzene rings is 8. The summed E-state index contributed by atoms with van der Waals surface area (Å²) in [6.07, 6.45) is 0. The van der Waals surface area contributed by atoms with Crippen molar-refractivity contribution < 1.29 is 4.42 Å². The molecule has 1 aromatic heterocycles. The Morgan fingerprint density at radius 3 is 1.84 bits per heavy atom. The Hall–Kier alpha value is -5.66. The summed E-state index contributed by atoms with van der Waals surface area (Å²) in [5.41, 5.74) is 12.0. The van der Waals surface area contributed by atoms with Gasteiger partial charge in [-0.1, -0.05) is 121 Å². The van der Waals surface area contributed by atoms with E-state index in [-0.39, 0.29) is 0 Å². The zero-order chi connectivity index (χ0) is 28.1. The molecule has 9 aromatic rings. The van der Waals surface area contributed by atoms with Crippen molar-refractivity contribution in [1.82, 2.24) is 0 Å². The van der Waals surface area contributed by atoms with Crippen LogP contribution >= 0.6 is 0 Å². The molecule has 0 amide bonds. The zero-order valence-corrected chi connectivity index (χ0v) is 23.3. The number of hydrogen-bond acceptors (Lipinski definition) is 1. The molecule has 0 atom stereocenters. The monoisotopic (exact) mass is 544 g/mol. The summed E-state index contributed by atoms with van der Waals surface area (Å²) in [5.74, 6) is 0. The van der Waals surface area contributed by atoms with Gasteiger partial charge in [-0.25, -0.2) is 0 Å². The summed E-state index contributed by atoms with van der Waals surface area (Å²) in [4.78, 5) is 0. The number of fused-ring (bicyclic) bond motifs is 9. The van der Waals surface area contributed by atoms with Gasteiger partial charge in [0.2, 0.25) is 0 Å². The predicted molar refractivity (Wildman–Crippen MR) is 182 cm³/mol. The molecule has 1 heteroatoms. The van der Waals surface area contributed by atoms with Crippen LogP contribution in [0.1, 0.15) is 0 Å². The number of hydrogen-bond donors (Lipinski definition) is 0. The van der Waals surface area contributed by atoms with Gasteiger partial charge in [-0.15, -0.1) is 0 Å². The average molecular weight is 545 g/mol. The lowest BCUT2D eigenvalue weighted by Gasteiger charge is -2.11. The van der Waals surface area contributed by atoms with Gasteiger partial charge in [-0.05, 0) is 101 Å². The van der Waals surface area contributed by atoms with E-state index in [4.69, 9.17) is 4.42 Å². The van der Waals surface area contributed by atoms with Crippen molar-refractivity contribution in [1.29, 1.82) is 0 Å². The van der Waals surface area contributed by atoms with E-state index >= 15 is 0 Å². The lowest BCUT2D eigenvalue weighted by Crippen LogP contribution is -1.85. The van der Waals surface area contributed by atoms with Gasteiger partial charge in [0.05, 0.1) is 0 Å². The molecule has 0 fully saturated rings. The molecule has 10 rings (SSSR count). The van der Waals surface area contributed by atoms with E-state index in [9.17, 15) is 0 Å².